The normalized spacial score (nSPS) is 11.2. The van der Waals surface area contributed by atoms with Gasteiger partial charge in [-0.1, -0.05) is 36.9 Å². The summed E-state index contributed by atoms with van der Waals surface area (Å²) in [7, 11) is 1.50. The SMILES string of the molecule is C=CC=C(C(=O)O)c1ccc(OCc2nc(-c3ccccc3)oc2C)c(OC)c1. The molecule has 1 N–H and O–H groups in total. The van der Waals surface area contributed by atoms with Crippen LogP contribution in [-0.4, -0.2) is 23.2 Å². The Balaban J connectivity index is 1.81. The second-order valence-corrected chi connectivity index (χ2v) is 6.16. The summed E-state index contributed by atoms with van der Waals surface area (Å²) < 4.78 is 17.0. The summed E-state index contributed by atoms with van der Waals surface area (Å²) in [6.45, 7) is 5.57. The van der Waals surface area contributed by atoms with E-state index in [0.717, 1.165) is 5.56 Å². The number of carbonyl (C=O) groups is 1. The van der Waals surface area contributed by atoms with Crippen LogP contribution >= 0.6 is 0 Å². The highest BCUT2D eigenvalue weighted by atomic mass is 16.5. The maximum absolute atomic E-state index is 11.4. The number of allylic oxidation sites excluding steroid dienone is 2. The lowest BCUT2D eigenvalue weighted by Crippen LogP contribution is -2.02. The number of ether oxygens (including phenoxy) is 2. The fourth-order valence-electron chi connectivity index (χ4n) is 2.78. The van der Waals surface area contributed by atoms with Gasteiger partial charge in [-0.25, -0.2) is 9.78 Å². The molecular formula is C23H21NO5. The Kier molecular flexibility index (Phi) is 6.14. The van der Waals surface area contributed by atoms with Gasteiger partial charge in [-0.15, -0.1) is 0 Å². The second-order valence-electron chi connectivity index (χ2n) is 6.16. The maximum Gasteiger partial charge on any atom is 0.336 e. The Labute approximate surface area is 168 Å². The molecule has 0 spiro atoms. The molecule has 0 amide bonds. The number of rotatable bonds is 8. The van der Waals surface area contributed by atoms with Crippen LogP contribution in [0, 0.1) is 6.92 Å². The van der Waals surface area contributed by atoms with Crippen molar-refractivity contribution in [1.29, 1.82) is 0 Å². The zero-order valence-electron chi connectivity index (χ0n) is 16.2. The highest BCUT2D eigenvalue weighted by Gasteiger charge is 2.16. The van der Waals surface area contributed by atoms with E-state index in [0.29, 0.717) is 34.4 Å². The lowest BCUT2D eigenvalue weighted by molar-refractivity contribution is -0.130. The van der Waals surface area contributed by atoms with E-state index in [9.17, 15) is 9.90 Å². The van der Waals surface area contributed by atoms with Crippen molar-refractivity contribution >= 4 is 11.5 Å². The van der Waals surface area contributed by atoms with Gasteiger partial charge in [-0.3, -0.25) is 0 Å². The molecule has 6 heteroatoms. The van der Waals surface area contributed by atoms with Crippen LogP contribution in [0.25, 0.3) is 17.0 Å². The monoisotopic (exact) mass is 391 g/mol. The van der Waals surface area contributed by atoms with Gasteiger partial charge in [0.2, 0.25) is 5.89 Å². The molecule has 3 rings (SSSR count). The quantitative estimate of drug-likeness (QED) is 0.435. The smallest absolute Gasteiger partial charge is 0.336 e. The van der Waals surface area contributed by atoms with E-state index >= 15 is 0 Å². The number of oxazole rings is 1. The zero-order chi connectivity index (χ0) is 20.8. The van der Waals surface area contributed by atoms with Gasteiger partial charge in [-0.05, 0) is 42.8 Å². The summed E-state index contributed by atoms with van der Waals surface area (Å²) in [5.41, 5.74) is 2.17. The fourth-order valence-corrected chi connectivity index (χ4v) is 2.78. The van der Waals surface area contributed by atoms with Crippen LogP contribution in [0.2, 0.25) is 0 Å². The number of aliphatic carboxylic acids is 1. The van der Waals surface area contributed by atoms with E-state index < -0.39 is 5.97 Å². The van der Waals surface area contributed by atoms with E-state index in [1.54, 1.807) is 18.2 Å². The van der Waals surface area contributed by atoms with Crippen LogP contribution in [0.15, 0.2) is 71.7 Å². The number of carboxylic acids is 1. The summed E-state index contributed by atoms with van der Waals surface area (Å²) in [6.07, 6.45) is 2.86. The average molecular weight is 391 g/mol. The molecule has 2 aromatic carbocycles. The van der Waals surface area contributed by atoms with Gasteiger partial charge in [0.1, 0.15) is 18.1 Å². The van der Waals surface area contributed by atoms with Crippen molar-refractivity contribution in [3.8, 4) is 23.0 Å². The molecule has 0 bridgehead atoms. The molecule has 0 aliphatic rings. The first-order valence-corrected chi connectivity index (χ1v) is 8.92. The average Bonchev–Trinajstić information content (AvgIpc) is 3.11. The van der Waals surface area contributed by atoms with Crippen LogP contribution in [0.5, 0.6) is 11.5 Å². The van der Waals surface area contributed by atoms with Crippen LogP contribution in [0.3, 0.4) is 0 Å². The molecule has 0 fully saturated rings. The van der Waals surface area contributed by atoms with E-state index in [1.165, 1.54) is 19.3 Å². The molecule has 6 nitrogen and oxygen atoms in total. The van der Waals surface area contributed by atoms with E-state index in [1.807, 2.05) is 37.3 Å². The number of hydrogen-bond donors (Lipinski definition) is 1. The first kappa shape index (κ1) is 19.9. The van der Waals surface area contributed by atoms with Crippen molar-refractivity contribution in [3.05, 3.63) is 84.3 Å². The van der Waals surface area contributed by atoms with Crippen LogP contribution in [0.1, 0.15) is 17.0 Å². The molecule has 29 heavy (non-hydrogen) atoms. The summed E-state index contributed by atoms with van der Waals surface area (Å²) in [6, 6.07) is 14.6. The van der Waals surface area contributed by atoms with E-state index in [4.69, 9.17) is 13.9 Å². The Morgan fingerprint density at radius 3 is 2.62 bits per heavy atom. The predicted molar refractivity (Wildman–Crippen MR) is 110 cm³/mol. The van der Waals surface area contributed by atoms with Gasteiger partial charge < -0.3 is 19.0 Å². The lowest BCUT2D eigenvalue weighted by atomic mass is 10.0. The molecule has 0 unspecified atom stereocenters. The third-order valence-electron chi connectivity index (χ3n) is 4.27. The van der Waals surface area contributed by atoms with Crippen molar-refractivity contribution in [1.82, 2.24) is 4.98 Å². The Morgan fingerprint density at radius 2 is 1.97 bits per heavy atom. The molecule has 0 atom stereocenters. The number of hydrogen-bond acceptors (Lipinski definition) is 5. The summed E-state index contributed by atoms with van der Waals surface area (Å²) in [5, 5.41) is 9.36. The first-order chi connectivity index (χ1) is 14.0. The molecule has 3 aromatic rings. The van der Waals surface area contributed by atoms with E-state index in [-0.39, 0.29) is 12.2 Å². The molecular weight excluding hydrogens is 370 g/mol. The largest absolute Gasteiger partial charge is 0.493 e. The standard InChI is InChI=1S/C23H21NO5/c1-4-8-18(23(25)26)17-11-12-20(21(13-17)27-3)28-14-19-15(2)29-22(24-19)16-9-6-5-7-10-16/h4-13H,1,14H2,2-3H3,(H,25,26). The fraction of sp³-hybridized carbons (Fsp3) is 0.130. The molecule has 0 radical (unpaired) electrons. The van der Waals surface area contributed by atoms with Crippen LogP contribution < -0.4 is 9.47 Å². The van der Waals surface area contributed by atoms with Crippen molar-refractivity contribution in [3.63, 3.8) is 0 Å². The van der Waals surface area contributed by atoms with Crippen molar-refractivity contribution in [2.24, 2.45) is 0 Å². The maximum atomic E-state index is 11.4. The van der Waals surface area contributed by atoms with Crippen molar-refractivity contribution in [2.75, 3.05) is 7.11 Å². The number of carboxylic acid groups (broad SMARTS) is 1. The molecule has 0 saturated carbocycles. The first-order valence-electron chi connectivity index (χ1n) is 8.92. The minimum absolute atomic E-state index is 0.115. The molecule has 0 aliphatic carbocycles. The summed E-state index contributed by atoms with van der Waals surface area (Å²) in [4.78, 5) is 15.9. The van der Waals surface area contributed by atoms with Crippen molar-refractivity contribution < 1.29 is 23.8 Å². The highest BCUT2D eigenvalue weighted by molar-refractivity contribution is 6.15. The molecule has 0 saturated heterocycles. The van der Waals surface area contributed by atoms with Crippen LogP contribution in [0.4, 0.5) is 0 Å². The number of aromatic nitrogens is 1. The summed E-state index contributed by atoms with van der Waals surface area (Å²) in [5.74, 6) is 1.05. The molecule has 0 aliphatic heterocycles. The Hall–Kier alpha value is -3.80. The third-order valence-corrected chi connectivity index (χ3v) is 4.27. The topological polar surface area (TPSA) is 81.8 Å². The molecule has 1 heterocycles. The predicted octanol–water partition coefficient (Wildman–Crippen LogP) is 4.89. The van der Waals surface area contributed by atoms with Gasteiger partial charge in [-0.2, -0.15) is 0 Å². The summed E-state index contributed by atoms with van der Waals surface area (Å²) >= 11 is 0. The minimum Gasteiger partial charge on any atom is -0.493 e. The third kappa shape index (κ3) is 4.55. The zero-order valence-corrected chi connectivity index (χ0v) is 16.2. The van der Waals surface area contributed by atoms with Gasteiger partial charge in [0, 0.05) is 5.56 Å². The Bertz CT molecular complexity index is 1050. The number of nitrogens with zero attached hydrogens (tertiary/aromatic N) is 1. The van der Waals surface area contributed by atoms with E-state index in [2.05, 4.69) is 11.6 Å². The van der Waals surface area contributed by atoms with Gasteiger partial charge >= 0.3 is 5.97 Å². The molecule has 148 valence electrons. The second kappa shape index (κ2) is 8.93. The lowest BCUT2D eigenvalue weighted by Gasteiger charge is -2.12. The minimum atomic E-state index is -1.05. The van der Waals surface area contributed by atoms with Crippen LogP contribution in [-0.2, 0) is 11.4 Å². The number of benzene rings is 2. The van der Waals surface area contributed by atoms with Gasteiger partial charge in [0.25, 0.3) is 0 Å². The number of methoxy groups -OCH3 is 1. The van der Waals surface area contributed by atoms with Gasteiger partial charge in [0.05, 0.1) is 12.7 Å². The van der Waals surface area contributed by atoms with Crippen molar-refractivity contribution in [2.45, 2.75) is 13.5 Å². The number of aryl methyl sites for hydroxylation is 1. The molecule has 1 aromatic heterocycles. The Morgan fingerprint density at radius 1 is 1.21 bits per heavy atom. The van der Waals surface area contributed by atoms with Gasteiger partial charge in [0.15, 0.2) is 11.5 Å². The highest BCUT2D eigenvalue weighted by Crippen LogP contribution is 2.32.